The van der Waals surface area contributed by atoms with Crippen LogP contribution < -0.4 is 15.5 Å². The third-order valence-electron chi connectivity index (χ3n) is 6.31. The van der Waals surface area contributed by atoms with Gasteiger partial charge in [0, 0.05) is 43.2 Å². The lowest BCUT2D eigenvalue weighted by Crippen LogP contribution is -2.43. The topological polar surface area (TPSA) is 100 Å². The molecule has 2 heterocycles. The molecular weight excluding hydrogens is 448 g/mol. The standard InChI is InChI=1S/C26H32N4O5/c1-19(24(31)27-22-7-9-23(10-8-22)29-15-17-34-18-16-29)35-25(32)20-11-13-30(14-12-20)26(33)28-21-5-3-2-4-6-21/h2-10,19-20H,11-18H2,1H3,(H,27,31)(H,28,33)/t19-/m1/s1. The van der Waals surface area contributed by atoms with Crippen molar-refractivity contribution in [1.82, 2.24) is 4.90 Å². The summed E-state index contributed by atoms with van der Waals surface area (Å²) in [6, 6.07) is 16.7. The van der Waals surface area contributed by atoms with E-state index in [0.29, 0.717) is 44.8 Å². The monoisotopic (exact) mass is 480 g/mol. The van der Waals surface area contributed by atoms with Gasteiger partial charge in [0.15, 0.2) is 6.10 Å². The average Bonchev–Trinajstić information content (AvgIpc) is 2.90. The number of carbonyl (C=O) groups excluding carboxylic acids is 3. The maximum Gasteiger partial charge on any atom is 0.321 e. The lowest BCUT2D eigenvalue weighted by Gasteiger charge is -2.31. The number of piperidine rings is 1. The van der Waals surface area contributed by atoms with Gasteiger partial charge in [-0.15, -0.1) is 0 Å². The number of esters is 1. The first kappa shape index (κ1) is 24.5. The van der Waals surface area contributed by atoms with Gasteiger partial charge < -0.3 is 29.9 Å². The van der Waals surface area contributed by atoms with Crippen LogP contribution >= 0.6 is 0 Å². The number of likely N-dealkylation sites (tertiary alicyclic amines) is 1. The van der Waals surface area contributed by atoms with E-state index in [1.807, 2.05) is 54.6 Å². The largest absolute Gasteiger partial charge is 0.452 e. The van der Waals surface area contributed by atoms with Gasteiger partial charge in [-0.25, -0.2) is 4.79 Å². The number of ether oxygens (including phenoxy) is 2. The molecule has 2 aliphatic rings. The molecule has 2 N–H and O–H groups in total. The molecular formula is C26H32N4O5. The van der Waals surface area contributed by atoms with E-state index in [1.165, 1.54) is 0 Å². The Labute approximate surface area is 205 Å². The molecule has 0 unspecified atom stereocenters. The van der Waals surface area contributed by atoms with Crippen LogP contribution in [0.5, 0.6) is 0 Å². The summed E-state index contributed by atoms with van der Waals surface area (Å²) < 4.78 is 10.8. The summed E-state index contributed by atoms with van der Waals surface area (Å²) in [4.78, 5) is 41.5. The Balaban J connectivity index is 1.20. The fourth-order valence-corrected chi connectivity index (χ4v) is 4.19. The number of rotatable bonds is 6. The number of nitrogens with one attached hydrogen (secondary N) is 2. The summed E-state index contributed by atoms with van der Waals surface area (Å²) in [7, 11) is 0. The summed E-state index contributed by atoms with van der Waals surface area (Å²) in [5.74, 6) is -1.12. The second kappa shape index (κ2) is 11.7. The number of para-hydroxylation sites is 1. The van der Waals surface area contributed by atoms with Crippen molar-refractivity contribution < 1.29 is 23.9 Å². The second-order valence-corrected chi connectivity index (χ2v) is 8.77. The Hall–Kier alpha value is -3.59. The average molecular weight is 481 g/mol. The maximum absolute atomic E-state index is 12.6. The van der Waals surface area contributed by atoms with Crippen molar-refractivity contribution in [2.45, 2.75) is 25.9 Å². The molecule has 0 aliphatic carbocycles. The molecule has 4 rings (SSSR count). The number of amides is 3. The summed E-state index contributed by atoms with van der Waals surface area (Å²) in [5, 5.41) is 5.66. The van der Waals surface area contributed by atoms with Crippen molar-refractivity contribution in [2.75, 3.05) is 54.9 Å². The minimum atomic E-state index is -0.916. The second-order valence-electron chi connectivity index (χ2n) is 8.77. The molecule has 2 saturated heterocycles. The summed E-state index contributed by atoms with van der Waals surface area (Å²) in [6.07, 6.45) is 0.0809. The molecule has 2 aromatic carbocycles. The molecule has 0 bridgehead atoms. The number of morpholine rings is 1. The third-order valence-corrected chi connectivity index (χ3v) is 6.31. The molecule has 0 saturated carbocycles. The zero-order chi connectivity index (χ0) is 24.6. The molecule has 9 nitrogen and oxygen atoms in total. The predicted octanol–water partition coefficient (Wildman–Crippen LogP) is 3.34. The fraction of sp³-hybridized carbons (Fsp3) is 0.423. The van der Waals surface area contributed by atoms with Crippen LogP contribution in [-0.2, 0) is 19.1 Å². The highest BCUT2D eigenvalue weighted by Crippen LogP contribution is 2.22. The van der Waals surface area contributed by atoms with Crippen molar-refractivity contribution in [3.05, 3.63) is 54.6 Å². The number of carbonyl (C=O) groups is 3. The van der Waals surface area contributed by atoms with E-state index in [1.54, 1.807) is 11.8 Å². The van der Waals surface area contributed by atoms with E-state index >= 15 is 0 Å². The van der Waals surface area contributed by atoms with Gasteiger partial charge >= 0.3 is 12.0 Å². The van der Waals surface area contributed by atoms with Gasteiger partial charge in [-0.05, 0) is 56.2 Å². The van der Waals surface area contributed by atoms with E-state index < -0.39 is 12.1 Å². The molecule has 2 fully saturated rings. The van der Waals surface area contributed by atoms with Gasteiger partial charge in [-0.3, -0.25) is 9.59 Å². The van der Waals surface area contributed by atoms with Gasteiger partial charge in [0.25, 0.3) is 5.91 Å². The molecule has 0 aromatic heterocycles. The minimum absolute atomic E-state index is 0.185. The molecule has 2 aromatic rings. The molecule has 0 radical (unpaired) electrons. The lowest BCUT2D eigenvalue weighted by atomic mass is 9.97. The highest BCUT2D eigenvalue weighted by molar-refractivity contribution is 5.95. The first-order valence-corrected chi connectivity index (χ1v) is 12.0. The smallest absolute Gasteiger partial charge is 0.321 e. The molecule has 186 valence electrons. The van der Waals surface area contributed by atoms with Crippen LogP contribution in [0.1, 0.15) is 19.8 Å². The maximum atomic E-state index is 12.6. The lowest BCUT2D eigenvalue weighted by molar-refractivity contribution is -0.158. The first-order chi connectivity index (χ1) is 17.0. The number of hydrogen-bond donors (Lipinski definition) is 2. The molecule has 35 heavy (non-hydrogen) atoms. The first-order valence-electron chi connectivity index (χ1n) is 12.0. The van der Waals surface area contributed by atoms with Crippen molar-refractivity contribution >= 4 is 35.0 Å². The van der Waals surface area contributed by atoms with Gasteiger partial charge in [0.2, 0.25) is 0 Å². The van der Waals surface area contributed by atoms with Crippen LogP contribution in [0.15, 0.2) is 54.6 Å². The van der Waals surface area contributed by atoms with Crippen LogP contribution in [0.2, 0.25) is 0 Å². The Bertz CT molecular complexity index is 1000. The molecule has 3 amide bonds. The molecule has 0 spiro atoms. The van der Waals surface area contributed by atoms with Gasteiger partial charge in [-0.1, -0.05) is 18.2 Å². The Morgan fingerprint density at radius 2 is 1.51 bits per heavy atom. The zero-order valence-corrected chi connectivity index (χ0v) is 19.9. The summed E-state index contributed by atoms with van der Waals surface area (Å²) in [6.45, 7) is 5.58. The van der Waals surface area contributed by atoms with Crippen LogP contribution in [-0.4, -0.2) is 68.3 Å². The van der Waals surface area contributed by atoms with E-state index in [4.69, 9.17) is 9.47 Å². The summed E-state index contributed by atoms with van der Waals surface area (Å²) in [5.41, 5.74) is 2.46. The van der Waals surface area contributed by atoms with Gasteiger partial charge in [-0.2, -0.15) is 0 Å². The van der Waals surface area contributed by atoms with E-state index in [9.17, 15) is 14.4 Å². The molecule has 9 heteroatoms. The summed E-state index contributed by atoms with van der Waals surface area (Å²) >= 11 is 0. The molecule has 1 atom stereocenters. The Kier molecular flexibility index (Phi) is 8.20. The Morgan fingerprint density at radius 1 is 0.886 bits per heavy atom. The Morgan fingerprint density at radius 3 is 2.17 bits per heavy atom. The molecule has 2 aliphatic heterocycles. The number of benzene rings is 2. The van der Waals surface area contributed by atoms with Crippen molar-refractivity contribution in [3.8, 4) is 0 Å². The van der Waals surface area contributed by atoms with E-state index in [2.05, 4.69) is 15.5 Å². The highest BCUT2D eigenvalue weighted by atomic mass is 16.5. The normalized spacial score (nSPS) is 17.4. The highest BCUT2D eigenvalue weighted by Gasteiger charge is 2.30. The number of nitrogens with zero attached hydrogens (tertiary/aromatic N) is 2. The van der Waals surface area contributed by atoms with Crippen LogP contribution in [0.3, 0.4) is 0 Å². The van der Waals surface area contributed by atoms with Crippen LogP contribution in [0.25, 0.3) is 0 Å². The van der Waals surface area contributed by atoms with Crippen molar-refractivity contribution in [3.63, 3.8) is 0 Å². The SMILES string of the molecule is C[C@@H](OC(=O)C1CCN(C(=O)Nc2ccccc2)CC1)C(=O)Nc1ccc(N2CCOCC2)cc1. The third kappa shape index (κ3) is 6.73. The number of hydrogen-bond acceptors (Lipinski definition) is 6. The number of anilines is 3. The fourth-order valence-electron chi connectivity index (χ4n) is 4.19. The van der Waals surface area contributed by atoms with Crippen molar-refractivity contribution in [1.29, 1.82) is 0 Å². The van der Waals surface area contributed by atoms with Crippen molar-refractivity contribution in [2.24, 2.45) is 5.92 Å². The van der Waals surface area contributed by atoms with Gasteiger partial charge in [0.1, 0.15) is 0 Å². The van der Waals surface area contributed by atoms with Gasteiger partial charge in [0.05, 0.1) is 19.1 Å². The zero-order valence-electron chi connectivity index (χ0n) is 19.9. The van der Waals surface area contributed by atoms with E-state index in [-0.39, 0.29) is 17.9 Å². The predicted molar refractivity (Wildman–Crippen MR) is 133 cm³/mol. The number of urea groups is 1. The minimum Gasteiger partial charge on any atom is -0.452 e. The van der Waals surface area contributed by atoms with Crippen LogP contribution in [0, 0.1) is 5.92 Å². The van der Waals surface area contributed by atoms with Crippen LogP contribution in [0.4, 0.5) is 21.9 Å². The van der Waals surface area contributed by atoms with E-state index in [0.717, 1.165) is 24.5 Å². The quantitative estimate of drug-likeness (QED) is 0.615.